The van der Waals surface area contributed by atoms with Gasteiger partial charge < -0.3 is 24.1 Å². The van der Waals surface area contributed by atoms with Gasteiger partial charge in [-0.1, -0.05) is 114 Å². The number of benzene rings is 3. The molecule has 0 amide bonds. The molecule has 3 saturated heterocycles. The smallest absolute Gasteiger partial charge is 0.369 e. The molecule has 500 valence electrons. The molecule has 6 aromatic rings. The molecule has 3 saturated carbocycles. The number of aliphatic carboxylic acids is 1. The fourth-order valence-corrected chi connectivity index (χ4v) is 15.7. The van der Waals surface area contributed by atoms with Crippen molar-refractivity contribution in [3.05, 3.63) is 181 Å². The van der Waals surface area contributed by atoms with Crippen LogP contribution in [0.4, 0.5) is 13.2 Å². The molecule has 3 aromatic heterocycles. The zero-order valence-electron chi connectivity index (χ0n) is 54.8. The molecule has 13 nitrogen and oxygen atoms in total. The number of hydrogen-bond acceptors (Lipinski definition) is 12. The highest BCUT2D eigenvalue weighted by molar-refractivity contribution is 9.69. The zero-order chi connectivity index (χ0) is 68.8. The van der Waals surface area contributed by atoms with Gasteiger partial charge in [-0.3, -0.25) is 38.9 Å². The van der Waals surface area contributed by atoms with Crippen molar-refractivity contribution in [3.63, 3.8) is 0 Å². The summed E-state index contributed by atoms with van der Waals surface area (Å²) in [5.41, 5.74) is 4.43. The molecule has 12 rings (SSSR count). The molecule has 0 bridgehead atoms. The summed E-state index contributed by atoms with van der Waals surface area (Å²) in [6.07, 6.45) is 18.0. The SMILES string of the molecule is BrB(Br)Br.COC(=O)[C@@]12C[C@H](C)[C@@H](C)[C@H](/C=C/c3ccc(-c4cccc(F)c4)cn3)[C@@H]1[C@@H](C)OC2=O.C[C@H]1C[C@H]2C(=O)O[C@H](C)[C@H]2C(/C=C/c2ccc(-c3cccc(F)c3)cn2)[C@@H]1C.C[C@H]1[C@H](/C=C/c2ccc(-c3cccc(F)c3)cn2)[C@@H]2[C@@H](C)OC(=O)[C@]2(C(=O)O)C[C@@H]1C. The van der Waals surface area contributed by atoms with E-state index in [1.165, 1.54) is 43.5 Å². The second-order valence-electron chi connectivity index (χ2n) is 26.5. The number of methoxy groups -OCH3 is 1. The van der Waals surface area contributed by atoms with E-state index in [1.54, 1.807) is 43.7 Å². The monoisotopic (exact) mass is 1490 g/mol. The molecule has 1 unspecified atom stereocenters. The number of rotatable bonds is 11. The number of carbonyl (C=O) groups is 5. The predicted molar refractivity (Wildman–Crippen MR) is 373 cm³/mol. The highest BCUT2D eigenvalue weighted by atomic mass is 79.9. The number of carboxylic acid groups (broad SMARTS) is 1. The number of ether oxygens (including phenoxy) is 4. The van der Waals surface area contributed by atoms with Crippen molar-refractivity contribution in [1.82, 2.24) is 15.0 Å². The number of pyridine rings is 3. The summed E-state index contributed by atoms with van der Waals surface area (Å²) in [5, 5.41) is 9.99. The van der Waals surface area contributed by atoms with E-state index < -0.39 is 46.7 Å². The third kappa shape index (κ3) is 15.7. The quantitative estimate of drug-likeness (QED) is 0.0560. The maximum atomic E-state index is 13.5. The van der Waals surface area contributed by atoms with Crippen LogP contribution in [0.5, 0.6) is 0 Å². The van der Waals surface area contributed by atoms with Crippen LogP contribution >= 0.6 is 47.3 Å². The lowest BCUT2D eigenvalue weighted by molar-refractivity contribution is -0.170. The zero-order valence-corrected chi connectivity index (χ0v) is 59.5. The number of carbonyl (C=O) groups excluding carboxylic acids is 4. The van der Waals surface area contributed by atoms with Crippen LogP contribution in [0.2, 0.25) is 0 Å². The van der Waals surface area contributed by atoms with Gasteiger partial charge in [0.25, 0.3) is 0 Å². The van der Waals surface area contributed by atoms with Crippen LogP contribution < -0.4 is 0 Å². The van der Waals surface area contributed by atoms with E-state index in [-0.39, 0.29) is 92.1 Å². The summed E-state index contributed by atoms with van der Waals surface area (Å²) in [5.74, 6) is -2.33. The number of nitrogens with zero attached hydrogens (tertiary/aromatic N) is 3. The van der Waals surface area contributed by atoms with Gasteiger partial charge in [0.05, 0.1) is 30.1 Å². The van der Waals surface area contributed by atoms with Crippen LogP contribution in [0.1, 0.15) is 98.7 Å². The molecular formula is C75H80BBr3F3N3O10. The lowest BCUT2D eigenvalue weighted by Gasteiger charge is -2.45. The third-order valence-electron chi connectivity index (χ3n) is 21.0. The van der Waals surface area contributed by atoms with Crippen molar-refractivity contribution in [2.75, 3.05) is 7.11 Å². The van der Waals surface area contributed by atoms with Crippen LogP contribution in [0, 0.1) is 105 Å². The third-order valence-corrected chi connectivity index (χ3v) is 21.0. The van der Waals surface area contributed by atoms with Gasteiger partial charge in [0.15, 0.2) is 10.8 Å². The van der Waals surface area contributed by atoms with Crippen LogP contribution in [0.3, 0.4) is 0 Å². The minimum atomic E-state index is -1.49. The number of hydrogen-bond donors (Lipinski definition) is 1. The molecule has 20 heteroatoms. The Hall–Kier alpha value is -7.03. The highest BCUT2D eigenvalue weighted by Gasteiger charge is 2.68. The van der Waals surface area contributed by atoms with Crippen molar-refractivity contribution >= 4 is 98.5 Å². The van der Waals surface area contributed by atoms with Crippen LogP contribution in [-0.4, -0.2) is 78.5 Å². The van der Waals surface area contributed by atoms with Gasteiger partial charge in [0, 0.05) is 53.0 Å². The Kier molecular flexibility index (Phi) is 23.6. The Balaban J connectivity index is 0.000000163. The molecule has 3 aliphatic heterocycles. The average molecular weight is 1490 g/mol. The number of halogens is 6. The summed E-state index contributed by atoms with van der Waals surface area (Å²) < 4.78 is 62.3. The van der Waals surface area contributed by atoms with Crippen molar-refractivity contribution in [2.45, 2.75) is 99.9 Å². The predicted octanol–water partition coefficient (Wildman–Crippen LogP) is 17.3. The van der Waals surface area contributed by atoms with Gasteiger partial charge in [-0.15, -0.1) is 47.3 Å². The topological polar surface area (TPSA) is 181 Å². The first kappa shape index (κ1) is 72.2. The molecule has 6 fully saturated rings. The number of esters is 4. The first-order valence-corrected chi connectivity index (χ1v) is 35.0. The fourth-order valence-electron chi connectivity index (χ4n) is 15.7. The number of cyclic esters (lactones) is 3. The van der Waals surface area contributed by atoms with Gasteiger partial charge >= 0.3 is 33.0 Å². The molecule has 6 heterocycles. The van der Waals surface area contributed by atoms with E-state index in [4.69, 9.17) is 18.9 Å². The van der Waals surface area contributed by atoms with Crippen LogP contribution in [0.15, 0.2) is 146 Å². The molecule has 6 aliphatic rings. The van der Waals surface area contributed by atoms with Crippen molar-refractivity contribution < 1.29 is 61.2 Å². The normalized spacial score (nSPS) is 31.2. The van der Waals surface area contributed by atoms with Gasteiger partial charge in [-0.2, -0.15) is 0 Å². The lowest BCUT2D eigenvalue weighted by atomic mass is 9.55. The Morgan fingerprint density at radius 2 is 0.895 bits per heavy atom. The van der Waals surface area contributed by atoms with E-state index >= 15 is 0 Å². The van der Waals surface area contributed by atoms with Crippen LogP contribution in [-0.2, 0) is 42.9 Å². The fraction of sp³-hybridized carbons (Fsp3) is 0.413. The number of allylic oxidation sites excluding steroid dienone is 3. The van der Waals surface area contributed by atoms with Gasteiger partial charge in [-0.25, -0.2) is 13.2 Å². The summed E-state index contributed by atoms with van der Waals surface area (Å²) in [6.45, 7) is 18.4. The van der Waals surface area contributed by atoms with Crippen molar-refractivity contribution in [3.8, 4) is 33.4 Å². The Morgan fingerprint density at radius 1 is 0.526 bits per heavy atom. The maximum absolute atomic E-state index is 13.5. The van der Waals surface area contributed by atoms with Crippen molar-refractivity contribution in [1.29, 1.82) is 0 Å². The molecule has 3 aromatic carbocycles. The highest BCUT2D eigenvalue weighted by Crippen LogP contribution is 2.58. The molecule has 0 spiro atoms. The Morgan fingerprint density at radius 3 is 1.26 bits per heavy atom. The van der Waals surface area contributed by atoms with Crippen molar-refractivity contribution in [2.24, 2.45) is 87.8 Å². The van der Waals surface area contributed by atoms with E-state index in [0.717, 1.165) is 51.2 Å². The summed E-state index contributed by atoms with van der Waals surface area (Å²) >= 11 is 9.31. The average Bonchev–Trinajstić information content (AvgIpc) is 1.62. The van der Waals surface area contributed by atoms with E-state index in [2.05, 4.69) is 103 Å². The second kappa shape index (κ2) is 31.0. The molecular weight excluding hydrogens is 1410 g/mol. The van der Waals surface area contributed by atoms with E-state index in [0.29, 0.717) is 36.3 Å². The first-order chi connectivity index (χ1) is 45.2. The van der Waals surface area contributed by atoms with Crippen LogP contribution in [0.25, 0.3) is 51.6 Å². The molecule has 3 aliphatic carbocycles. The summed E-state index contributed by atoms with van der Waals surface area (Å²) in [6, 6.07) is 30.7. The van der Waals surface area contributed by atoms with Gasteiger partial charge in [0.2, 0.25) is 0 Å². The second-order valence-corrected chi connectivity index (χ2v) is 32.9. The minimum absolute atomic E-state index is 0.0131. The summed E-state index contributed by atoms with van der Waals surface area (Å²) in [7, 11) is 1.32. The van der Waals surface area contributed by atoms with E-state index in [1.807, 2.05) is 106 Å². The lowest BCUT2D eigenvalue weighted by Crippen LogP contribution is -2.52. The van der Waals surface area contributed by atoms with Gasteiger partial charge in [0.1, 0.15) is 35.8 Å². The standard InChI is InChI=1S/C26H28FNO4.C25H26FNO4.C24H26FNO2.BBr3/c1-15-13-26(24(29)31-4)23(17(3)32-25(26)30)22(16(15)2)11-10-21-9-8-19(14-28-21)18-6-5-7-20(27)12-18;1-14-12-25(23(28)29)22(16(3)31-24(25)30)21(15(14)2)10-9-20-8-7-18(13-27-20)17-5-4-6-19(26)11-17;1-14-11-22-23(16(3)28-24(22)27)21(15(14)2)10-9-20-8-7-18(13-26-20)17-5-4-6-19(25)12-17;2-1(3)4/h5-12,14-17,22-23H,13H2,1-4H3;4-11,13-16,21-22H,12H2,1-3H3,(H,28,29);4-10,12-16,21-23H,11H2,1-3H3;/b11-10+;2*10-9+;/t15-,16+,17+,22-,23-,26+;14-,15+,16+,21-,22-,25+;14-,15+,16+,21?,22+,23-;/m000./s1. The molecule has 1 N–H and O–H groups in total. The Labute approximate surface area is 579 Å². The number of carboxylic acids is 1. The summed E-state index contributed by atoms with van der Waals surface area (Å²) in [4.78, 5) is 76.1. The number of aromatic nitrogens is 3. The first-order valence-electron chi connectivity index (χ1n) is 32.3. The molecule has 0 radical (unpaired) electrons. The minimum Gasteiger partial charge on any atom is -0.480 e. The molecule has 18 atom stereocenters. The van der Waals surface area contributed by atoms with Gasteiger partial charge in [-0.05, 0) is 183 Å². The Bertz CT molecular complexity index is 3810. The van der Waals surface area contributed by atoms with E-state index in [9.17, 15) is 42.3 Å². The molecule has 95 heavy (non-hydrogen) atoms. The largest absolute Gasteiger partial charge is 0.480 e. The maximum Gasteiger partial charge on any atom is 0.369 e. The number of fused-ring (bicyclic) bond motifs is 3.